The number of benzene rings is 6. The van der Waals surface area contributed by atoms with Gasteiger partial charge in [-0.05, 0) is 60.2 Å². The highest BCUT2D eigenvalue weighted by Crippen LogP contribution is 2.42. The van der Waals surface area contributed by atoms with Crippen molar-refractivity contribution in [3.63, 3.8) is 0 Å². The summed E-state index contributed by atoms with van der Waals surface area (Å²) in [5.74, 6) is 0. The van der Waals surface area contributed by atoms with Crippen molar-refractivity contribution in [3.05, 3.63) is 152 Å². The van der Waals surface area contributed by atoms with Crippen LogP contribution in [-0.4, -0.2) is 12.4 Å². The van der Waals surface area contributed by atoms with Crippen molar-refractivity contribution in [2.24, 2.45) is 0 Å². The number of anilines is 3. The number of rotatable bonds is 5. The van der Waals surface area contributed by atoms with Crippen molar-refractivity contribution in [1.82, 2.24) is 4.57 Å². The molecule has 7 rings (SSSR count). The molecule has 6 aromatic carbocycles. The molecule has 0 aliphatic carbocycles. The first-order valence-electron chi connectivity index (χ1n) is 13.4. The highest BCUT2D eigenvalue weighted by atomic mass is 15.1. The molecule has 0 radical (unpaired) electrons. The number of fused-ring (bicyclic) bond motifs is 3. The van der Waals surface area contributed by atoms with E-state index in [-0.39, 0.29) is 0 Å². The fourth-order valence-electron chi connectivity index (χ4n) is 5.61. The van der Waals surface area contributed by atoms with Crippen LogP contribution in [0.25, 0.3) is 38.6 Å². The van der Waals surface area contributed by atoms with E-state index < -0.39 is 0 Å². The van der Waals surface area contributed by atoms with Gasteiger partial charge in [0, 0.05) is 33.4 Å². The predicted molar refractivity (Wildman–Crippen MR) is 169 cm³/mol. The van der Waals surface area contributed by atoms with Gasteiger partial charge >= 0.3 is 0 Å². The molecule has 0 unspecified atom stereocenters. The second kappa shape index (κ2) is 9.70. The number of hydrogen-bond donors (Lipinski definition) is 0. The number of para-hydroxylation sites is 3. The molecule has 184 valence electrons. The third kappa shape index (κ3) is 4.09. The van der Waals surface area contributed by atoms with Crippen molar-refractivity contribution in [2.75, 3.05) is 4.90 Å². The fourth-order valence-corrected chi connectivity index (χ4v) is 5.61. The first kappa shape index (κ1) is 23.1. The van der Waals surface area contributed by atoms with Gasteiger partial charge in [0.05, 0.1) is 16.7 Å². The molecule has 0 saturated heterocycles. The molecule has 0 aliphatic heterocycles. The van der Waals surface area contributed by atoms with Gasteiger partial charge in [0.25, 0.3) is 0 Å². The topological polar surface area (TPSA) is 8.17 Å². The summed E-state index contributed by atoms with van der Waals surface area (Å²) in [6, 6.07) is 54.3. The lowest BCUT2D eigenvalue weighted by atomic mass is 9.95. The summed E-state index contributed by atoms with van der Waals surface area (Å²) in [4.78, 5) is 2.38. The first-order chi connectivity index (χ1) is 19.3. The summed E-state index contributed by atoms with van der Waals surface area (Å²) in [5.41, 5.74) is 10.6. The van der Waals surface area contributed by atoms with E-state index in [1.807, 2.05) is 0 Å². The maximum Gasteiger partial charge on any atom is 0.139 e. The summed E-state index contributed by atoms with van der Waals surface area (Å²) in [7, 11) is 2.14. The third-order valence-corrected chi connectivity index (χ3v) is 7.45. The molecule has 0 atom stereocenters. The summed E-state index contributed by atoms with van der Waals surface area (Å²) in [5, 5.41) is 2.49. The summed E-state index contributed by atoms with van der Waals surface area (Å²) in [6.45, 7) is 0. The van der Waals surface area contributed by atoms with E-state index >= 15 is 0 Å². The average molecular weight is 498 g/mol. The van der Waals surface area contributed by atoms with E-state index in [0.29, 0.717) is 0 Å². The normalized spacial score (nSPS) is 11.2. The number of nitrogens with zero attached hydrogens (tertiary/aromatic N) is 2. The molecule has 0 fully saturated rings. The van der Waals surface area contributed by atoms with Gasteiger partial charge in [0.2, 0.25) is 0 Å². The number of aromatic nitrogens is 1. The van der Waals surface area contributed by atoms with E-state index in [9.17, 15) is 0 Å². The molecule has 7 aromatic rings. The van der Waals surface area contributed by atoms with Gasteiger partial charge in [-0.2, -0.15) is 0 Å². The monoisotopic (exact) mass is 498 g/mol. The van der Waals surface area contributed by atoms with Gasteiger partial charge in [0.1, 0.15) is 7.85 Å². The van der Waals surface area contributed by atoms with Gasteiger partial charge in [-0.1, -0.05) is 103 Å². The van der Waals surface area contributed by atoms with E-state index in [0.717, 1.165) is 17.1 Å². The van der Waals surface area contributed by atoms with E-state index in [1.165, 1.54) is 44.1 Å². The van der Waals surface area contributed by atoms with Crippen LogP contribution in [0, 0.1) is 0 Å². The second-order valence-electron chi connectivity index (χ2n) is 9.94. The zero-order valence-corrected chi connectivity index (χ0v) is 21.8. The Labute approximate surface area is 229 Å². The maximum atomic E-state index is 2.38. The van der Waals surface area contributed by atoms with Crippen molar-refractivity contribution in [1.29, 1.82) is 0 Å². The molecule has 1 heterocycles. The van der Waals surface area contributed by atoms with Gasteiger partial charge in [-0.25, -0.2) is 0 Å². The van der Waals surface area contributed by atoms with E-state index in [1.54, 1.807) is 0 Å². The molecular formula is C36H27BN2. The average Bonchev–Trinajstić information content (AvgIpc) is 3.33. The lowest BCUT2D eigenvalue weighted by Crippen LogP contribution is -2.12. The Morgan fingerprint density at radius 3 is 1.90 bits per heavy atom. The Hall–Kier alpha value is -5.02. The Bertz CT molecular complexity index is 1910. The van der Waals surface area contributed by atoms with Crippen LogP contribution in [0.4, 0.5) is 17.1 Å². The lowest BCUT2D eigenvalue weighted by Gasteiger charge is -2.28. The molecule has 0 aliphatic rings. The van der Waals surface area contributed by atoms with Gasteiger partial charge < -0.3 is 9.47 Å². The molecular weight excluding hydrogens is 471 g/mol. The minimum atomic E-state index is 1.13. The second-order valence-corrected chi connectivity index (χ2v) is 9.94. The molecule has 39 heavy (non-hydrogen) atoms. The lowest BCUT2D eigenvalue weighted by molar-refractivity contribution is 1.18. The summed E-state index contributed by atoms with van der Waals surface area (Å²) in [6.07, 6.45) is 0. The van der Waals surface area contributed by atoms with Gasteiger partial charge in [-0.15, -0.1) is 0 Å². The van der Waals surface area contributed by atoms with Crippen LogP contribution in [0.3, 0.4) is 0 Å². The molecule has 0 spiro atoms. The van der Waals surface area contributed by atoms with Crippen LogP contribution in [0.1, 0.15) is 0 Å². The minimum absolute atomic E-state index is 1.13. The van der Waals surface area contributed by atoms with Crippen LogP contribution >= 0.6 is 0 Å². The van der Waals surface area contributed by atoms with E-state index in [4.69, 9.17) is 0 Å². The highest BCUT2D eigenvalue weighted by molar-refractivity contribution is 6.32. The fraction of sp³-hybridized carbons (Fsp3) is 0. The highest BCUT2D eigenvalue weighted by Gasteiger charge is 2.19. The summed E-state index contributed by atoms with van der Waals surface area (Å²) < 4.78 is 2.36. The van der Waals surface area contributed by atoms with Crippen molar-refractivity contribution < 1.29 is 0 Å². The zero-order valence-electron chi connectivity index (χ0n) is 21.8. The van der Waals surface area contributed by atoms with Crippen molar-refractivity contribution in [3.8, 4) is 16.8 Å². The first-order valence-corrected chi connectivity index (χ1v) is 13.4. The van der Waals surface area contributed by atoms with Gasteiger partial charge in [0.15, 0.2) is 0 Å². The zero-order chi connectivity index (χ0) is 26.2. The Kier molecular flexibility index (Phi) is 5.75. The third-order valence-electron chi connectivity index (χ3n) is 7.45. The smallest absolute Gasteiger partial charge is 0.139 e. The van der Waals surface area contributed by atoms with Crippen LogP contribution < -0.4 is 10.4 Å². The molecule has 0 amide bonds. The predicted octanol–water partition coefficient (Wildman–Crippen LogP) is 8.18. The van der Waals surface area contributed by atoms with Crippen molar-refractivity contribution in [2.45, 2.75) is 0 Å². The molecule has 0 bridgehead atoms. The molecule has 0 N–H and O–H groups in total. The Morgan fingerprint density at radius 2 is 1.10 bits per heavy atom. The van der Waals surface area contributed by atoms with Crippen LogP contribution in [0.5, 0.6) is 0 Å². The van der Waals surface area contributed by atoms with Gasteiger partial charge in [-0.3, -0.25) is 0 Å². The molecule has 1 aromatic heterocycles. The number of hydrogen-bond acceptors (Lipinski definition) is 1. The maximum absolute atomic E-state index is 2.38. The Balaban J connectivity index is 1.49. The summed E-state index contributed by atoms with van der Waals surface area (Å²) >= 11 is 0. The minimum Gasteiger partial charge on any atom is -0.310 e. The standard InChI is InChI=1S/C36H27BN2/c37-27-19-21-29(22-20-27)38(34-17-9-7-15-31(34)26-11-3-1-4-12-26)30-23-24-36-33(25-30)32-16-8-10-18-35(32)39(36)28-13-5-2-6-14-28/h1-25H,37H2. The Morgan fingerprint density at radius 1 is 0.487 bits per heavy atom. The SMILES string of the molecule is Bc1ccc(N(c2ccc3c(c2)c2ccccc2n3-c2ccccc2)c2ccccc2-c2ccccc2)cc1. The van der Waals surface area contributed by atoms with Crippen LogP contribution in [0.15, 0.2) is 152 Å². The molecule has 2 nitrogen and oxygen atoms in total. The van der Waals surface area contributed by atoms with Crippen LogP contribution in [-0.2, 0) is 0 Å². The largest absolute Gasteiger partial charge is 0.310 e. The van der Waals surface area contributed by atoms with Crippen LogP contribution in [0.2, 0.25) is 0 Å². The van der Waals surface area contributed by atoms with E-state index in [2.05, 4.69) is 169 Å². The molecule has 3 heteroatoms. The van der Waals surface area contributed by atoms with Crippen molar-refractivity contribution >= 4 is 52.2 Å². The quantitative estimate of drug-likeness (QED) is 0.217. The molecule has 0 saturated carbocycles.